The summed E-state index contributed by atoms with van der Waals surface area (Å²) in [6.07, 6.45) is -2.95. The molecular weight excluding hydrogens is 349 g/mol. The number of amides is 2. The summed E-state index contributed by atoms with van der Waals surface area (Å²) in [6, 6.07) is 7.50. The van der Waals surface area contributed by atoms with Crippen molar-refractivity contribution in [1.29, 1.82) is 0 Å². The Morgan fingerprint density at radius 1 is 1.19 bits per heavy atom. The summed E-state index contributed by atoms with van der Waals surface area (Å²) in [5.41, 5.74) is 0.379. The van der Waals surface area contributed by atoms with Crippen LogP contribution in [0.2, 0.25) is 0 Å². The van der Waals surface area contributed by atoms with Gasteiger partial charge in [0, 0.05) is 29.9 Å². The van der Waals surface area contributed by atoms with Crippen LogP contribution in [0.3, 0.4) is 0 Å². The number of carbonyl (C=O) groups excluding carboxylic acids is 2. The standard InChI is InChI=1S/C17H17F3N4O2/c1-10(25)21-12-3-2-4-13(7-12)22-16(26)9-24-14(11-5-6-11)8-15(23-24)17(18,19)20/h2-4,7-8,11H,5-6,9H2,1H3,(H,21,25)(H,22,26). The number of hydrogen-bond donors (Lipinski definition) is 2. The Morgan fingerprint density at radius 2 is 1.85 bits per heavy atom. The number of halogens is 3. The zero-order chi connectivity index (χ0) is 18.9. The van der Waals surface area contributed by atoms with Crippen LogP contribution in [0.25, 0.3) is 0 Å². The topological polar surface area (TPSA) is 76.0 Å². The number of anilines is 2. The van der Waals surface area contributed by atoms with Crippen molar-refractivity contribution in [2.45, 2.75) is 38.4 Å². The lowest BCUT2D eigenvalue weighted by Gasteiger charge is -2.09. The Morgan fingerprint density at radius 3 is 2.42 bits per heavy atom. The lowest BCUT2D eigenvalue weighted by Crippen LogP contribution is -2.21. The van der Waals surface area contributed by atoms with E-state index in [0.29, 0.717) is 17.1 Å². The maximum absolute atomic E-state index is 12.9. The minimum atomic E-state index is -4.54. The van der Waals surface area contributed by atoms with Crippen molar-refractivity contribution in [2.75, 3.05) is 10.6 Å². The lowest BCUT2D eigenvalue weighted by atomic mass is 10.2. The van der Waals surface area contributed by atoms with E-state index < -0.39 is 17.8 Å². The van der Waals surface area contributed by atoms with E-state index in [2.05, 4.69) is 15.7 Å². The van der Waals surface area contributed by atoms with Crippen LogP contribution in [0.4, 0.5) is 24.5 Å². The molecule has 1 aliphatic carbocycles. The first-order valence-electron chi connectivity index (χ1n) is 8.05. The molecule has 1 heterocycles. The second-order valence-electron chi connectivity index (χ2n) is 6.19. The predicted octanol–water partition coefficient (Wildman–Crippen LogP) is 3.38. The first-order valence-corrected chi connectivity index (χ1v) is 8.05. The fraction of sp³-hybridized carbons (Fsp3) is 0.353. The first-order chi connectivity index (χ1) is 12.2. The third-order valence-electron chi connectivity index (χ3n) is 3.86. The van der Waals surface area contributed by atoms with Crippen molar-refractivity contribution in [3.8, 4) is 0 Å². The molecule has 0 unspecified atom stereocenters. The van der Waals surface area contributed by atoms with E-state index in [0.717, 1.165) is 23.6 Å². The average molecular weight is 366 g/mol. The van der Waals surface area contributed by atoms with Crippen LogP contribution in [-0.4, -0.2) is 21.6 Å². The first kappa shape index (κ1) is 18.0. The number of nitrogens with one attached hydrogen (secondary N) is 2. The van der Waals surface area contributed by atoms with Crippen LogP contribution in [0.1, 0.15) is 37.1 Å². The van der Waals surface area contributed by atoms with Gasteiger partial charge in [-0.05, 0) is 37.1 Å². The predicted molar refractivity (Wildman–Crippen MR) is 88.6 cm³/mol. The maximum Gasteiger partial charge on any atom is 0.435 e. The molecule has 1 saturated carbocycles. The van der Waals surface area contributed by atoms with Gasteiger partial charge in [-0.15, -0.1) is 0 Å². The molecule has 2 aromatic rings. The molecular formula is C17H17F3N4O2. The Balaban J connectivity index is 1.72. The second kappa shape index (κ2) is 6.81. The summed E-state index contributed by atoms with van der Waals surface area (Å²) < 4.78 is 39.8. The van der Waals surface area contributed by atoms with Crippen molar-refractivity contribution in [1.82, 2.24) is 9.78 Å². The Labute approximate surface area is 147 Å². The quantitative estimate of drug-likeness (QED) is 0.852. The molecule has 3 rings (SSSR count). The van der Waals surface area contributed by atoms with Gasteiger partial charge in [0.05, 0.1) is 0 Å². The highest BCUT2D eigenvalue weighted by atomic mass is 19.4. The van der Waals surface area contributed by atoms with Gasteiger partial charge in [-0.1, -0.05) is 6.07 Å². The van der Waals surface area contributed by atoms with Crippen molar-refractivity contribution >= 4 is 23.2 Å². The van der Waals surface area contributed by atoms with E-state index in [9.17, 15) is 22.8 Å². The molecule has 0 atom stereocenters. The fourth-order valence-electron chi connectivity index (χ4n) is 2.62. The summed E-state index contributed by atoms with van der Waals surface area (Å²) in [4.78, 5) is 23.3. The van der Waals surface area contributed by atoms with Crippen LogP contribution in [-0.2, 0) is 22.3 Å². The molecule has 1 fully saturated rings. The van der Waals surface area contributed by atoms with Gasteiger partial charge in [-0.2, -0.15) is 18.3 Å². The highest BCUT2D eigenvalue weighted by Crippen LogP contribution is 2.42. The van der Waals surface area contributed by atoms with Crippen LogP contribution in [0.5, 0.6) is 0 Å². The van der Waals surface area contributed by atoms with Crippen LogP contribution < -0.4 is 10.6 Å². The summed E-state index contributed by atoms with van der Waals surface area (Å²) in [6.45, 7) is 1.05. The molecule has 6 nitrogen and oxygen atoms in total. The summed E-state index contributed by atoms with van der Waals surface area (Å²) in [5, 5.41) is 8.75. The number of alkyl halides is 3. The smallest absolute Gasteiger partial charge is 0.326 e. The average Bonchev–Trinajstić information content (AvgIpc) is 3.26. The van der Waals surface area contributed by atoms with E-state index in [1.54, 1.807) is 24.3 Å². The van der Waals surface area contributed by atoms with Gasteiger partial charge in [0.1, 0.15) is 6.54 Å². The lowest BCUT2D eigenvalue weighted by molar-refractivity contribution is -0.141. The number of nitrogens with zero attached hydrogens (tertiary/aromatic N) is 2. The SMILES string of the molecule is CC(=O)Nc1cccc(NC(=O)Cn2nc(C(F)(F)F)cc2C2CC2)c1. The minimum absolute atomic E-state index is 0.0227. The molecule has 1 aliphatic rings. The van der Waals surface area contributed by atoms with Gasteiger partial charge in [0.15, 0.2) is 5.69 Å². The Hall–Kier alpha value is -2.84. The van der Waals surface area contributed by atoms with E-state index in [1.165, 1.54) is 6.92 Å². The van der Waals surface area contributed by atoms with Gasteiger partial charge < -0.3 is 10.6 Å². The molecule has 2 N–H and O–H groups in total. The monoisotopic (exact) mass is 366 g/mol. The summed E-state index contributed by atoms with van der Waals surface area (Å²) in [7, 11) is 0. The van der Waals surface area contributed by atoms with E-state index in [4.69, 9.17) is 0 Å². The highest BCUT2D eigenvalue weighted by Gasteiger charge is 2.38. The molecule has 0 saturated heterocycles. The third-order valence-corrected chi connectivity index (χ3v) is 3.86. The van der Waals surface area contributed by atoms with Gasteiger partial charge in [0.25, 0.3) is 0 Å². The molecule has 1 aromatic heterocycles. The molecule has 1 aromatic carbocycles. The van der Waals surface area contributed by atoms with Crippen LogP contribution >= 0.6 is 0 Å². The number of aromatic nitrogens is 2. The van der Waals surface area contributed by atoms with Crippen molar-refractivity contribution in [3.63, 3.8) is 0 Å². The van der Waals surface area contributed by atoms with Crippen LogP contribution in [0, 0.1) is 0 Å². The number of rotatable bonds is 5. The van der Waals surface area contributed by atoms with E-state index in [-0.39, 0.29) is 18.4 Å². The Kier molecular flexibility index (Phi) is 4.71. The summed E-state index contributed by atoms with van der Waals surface area (Å²) >= 11 is 0. The number of carbonyl (C=O) groups is 2. The van der Waals surface area contributed by atoms with Gasteiger partial charge in [-0.25, -0.2) is 0 Å². The zero-order valence-corrected chi connectivity index (χ0v) is 13.9. The van der Waals surface area contributed by atoms with Gasteiger partial charge in [0.2, 0.25) is 11.8 Å². The molecule has 0 aliphatic heterocycles. The third kappa shape index (κ3) is 4.41. The molecule has 26 heavy (non-hydrogen) atoms. The number of hydrogen-bond acceptors (Lipinski definition) is 3. The van der Waals surface area contributed by atoms with Crippen molar-refractivity contribution < 1.29 is 22.8 Å². The second-order valence-corrected chi connectivity index (χ2v) is 6.19. The van der Waals surface area contributed by atoms with E-state index >= 15 is 0 Å². The maximum atomic E-state index is 12.9. The minimum Gasteiger partial charge on any atom is -0.326 e. The summed E-state index contributed by atoms with van der Waals surface area (Å²) in [5.74, 6) is -0.725. The highest BCUT2D eigenvalue weighted by molar-refractivity contribution is 5.93. The Bertz CT molecular complexity index is 841. The molecule has 9 heteroatoms. The molecule has 0 bridgehead atoms. The van der Waals surface area contributed by atoms with Crippen LogP contribution in [0.15, 0.2) is 30.3 Å². The fourth-order valence-corrected chi connectivity index (χ4v) is 2.62. The molecule has 2 amide bonds. The molecule has 0 spiro atoms. The largest absolute Gasteiger partial charge is 0.435 e. The molecule has 0 radical (unpaired) electrons. The molecule has 138 valence electrons. The number of benzene rings is 1. The van der Waals surface area contributed by atoms with Gasteiger partial charge in [-0.3, -0.25) is 14.3 Å². The van der Waals surface area contributed by atoms with Crippen molar-refractivity contribution in [2.24, 2.45) is 0 Å². The van der Waals surface area contributed by atoms with Crippen molar-refractivity contribution in [3.05, 3.63) is 41.7 Å². The van der Waals surface area contributed by atoms with Gasteiger partial charge >= 0.3 is 6.18 Å². The zero-order valence-electron chi connectivity index (χ0n) is 13.9. The van der Waals surface area contributed by atoms with E-state index in [1.807, 2.05) is 0 Å². The normalized spacial score (nSPS) is 14.2.